The maximum Gasteiger partial charge on any atom is 0.123 e. The van der Waals surface area contributed by atoms with Gasteiger partial charge in [0.2, 0.25) is 0 Å². The lowest BCUT2D eigenvalue weighted by molar-refractivity contribution is 0.130. The monoisotopic (exact) mass is 257 g/mol. The summed E-state index contributed by atoms with van der Waals surface area (Å²) >= 11 is 5.95. The first-order valence-corrected chi connectivity index (χ1v) is 6.29. The average Bonchev–Trinajstić information content (AvgIpc) is 2.32. The Hall–Kier alpha value is -0.770. The lowest BCUT2D eigenvalue weighted by Crippen LogP contribution is -2.09. The Kier molecular flexibility index (Phi) is 7.01. The highest BCUT2D eigenvalue weighted by atomic mass is 35.5. The predicted molar refractivity (Wildman–Crippen MR) is 70.8 cm³/mol. The quantitative estimate of drug-likeness (QED) is 0.727. The number of hydrogen-bond acceptors (Lipinski definition) is 3. The predicted octanol–water partition coefficient (Wildman–Crippen LogP) is 2.86. The molecule has 0 unspecified atom stereocenters. The minimum atomic E-state index is 0.665. The molecule has 0 heterocycles. The van der Waals surface area contributed by atoms with Crippen molar-refractivity contribution in [2.24, 2.45) is 0 Å². The first-order valence-electron chi connectivity index (χ1n) is 5.91. The Balaban J connectivity index is 2.45. The van der Waals surface area contributed by atoms with Gasteiger partial charge >= 0.3 is 0 Å². The molecule has 4 heteroatoms. The van der Waals surface area contributed by atoms with Gasteiger partial charge < -0.3 is 14.8 Å². The van der Waals surface area contributed by atoms with E-state index in [2.05, 4.69) is 5.32 Å². The lowest BCUT2D eigenvalue weighted by Gasteiger charge is -2.11. The molecule has 0 aromatic heterocycles. The van der Waals surface area contributed by atoms with Crippen LogP contribution < -0.4 is 10.1 Å². The number of nitrogens with one attached hydrogen (secondary N) is 1. The van der Waals surface area contributed by atoms with Crippen molar-refractivity contribution >= 4 is 11.6 Å². The van der Waals surface area contributed by atoms with E-state index in [9.17, 15) is 0 Å². The minimum absolute atomic E-state index is 0.665. The van der Waals surface area contributed by atoms with Crippen molar-refractivity contribution in [1.29, 1.82) is 0 Å². The second-order valence-electron chi connectivity index (χ2n) is 3.68. The third-order valence-electron chi connectivity index (χ3n) is 2.28. The Morgan fingerprint density at radius 2 is 2.12 bits per heavy atom. The molecule has 0 saturated carbocycles. The molecule has 96 valence electrons. The lowest BCUT2D eigenvalue weighted by atomic mass is 10.2. The number of rotatable bonds is 8. The Morgan fingerprint density at radius 3 is 2.82 bits per heavy atom. The van der Waals surface area contributed by atoms with Crippen molar-refractivity contribution in [2.75, 3.05) is 26.9 Å². The first-order chi connectivity index (χ1) is 8.27. The van der Waals surface area contributed by atoms with Crippen LogP contribution in [0.1, 0.15) is 18.9 Å². The van der Waals surface area contributed by atoms with Crippen molar-refractivity contribution in [3.63, 3.8) is 0 Å². The van der Waals surface area contributed by atoms with Crippen LogP contribution in [0.5, 0.6) is 5.75 Å². The van der Waals surface area contributed by atoms with Crippen LogP contribution in [0.25, 0.3) is 0 Å². The van der Waals surface area contributed by atoms with Gasteiger partial charge in [0.25, 0.3) is 0 Å². The summed E-state index contributed by atoms with van der Waals surface area (Å²) in [5, 5.41) is 3.83. The fraction of sp³-hybridized carbons (Fsp3) is 0.538. The molecule has 0 radical (unpaired) electrons. The average molecular weight is 258 g/mol. The fourth-order valence-corrected chi connectivity index (χ4v) is 1.70. The van der Waals surface area contributed by atoms with E-state index in [1.807, 2.05) is 32.2 Å². The maximum atomic E-state index is 5.95. The zero-order valence-corrected chi connectivity index (χ0v) is 11.2. The number of hydrogen-bond donors (Lipinski definition) is 1. The standard InChI is InChI=1S/C13H20ClNO2/c1-3-16-7-4-8-17-13-6-5-12(14)9-11(13)10-15-2/h5-6,9,15H,3-4,7-8,10H2,1-2H3. The van der Waals surface area contributed by atoms with Crippen LogP contribution in [0.2, 0.25) is 5.02 Å². The second kappa shape index (κ2) is 8.34. The molecule has 0 aliphatic rings. The van der Waals surface area contributed by atoms with Crippen LogP contribution in [0.4, 0.5) is 0 Å². The van der Waals surface area contributed by atoms with Crippen molar-refractivity contribution in [2.45, 2.75) is 19.9 Å². The van der Waals surface area contributed by atoms with E-state index in [0.29, 0.717) is 6.61 Å². The molecule has 1 rings (SSSR count). The van der Waals surface area contributed by atoms with E-state index in [1.54, 1.807) is 0 Å². The van der Waals surface area contributed by atoms with Gasteiger partial charge in [-0.3, -0.25) is 0 Å². The molecule has 0 atom stereocenters. The van der Waals surface area contributed by atoms with Gasteiger partial charge in [0.15, 0.2) is 0 Å². The zero-order valence-electron chi connectivity index (χ0n) is 10.5. The molecule has 1 N–H and O–H groups in total. The summed E-state index contributed by atoms with van der Waals surface area (Å²) in [6.45, 7) is 4.90. The Morgan fingerprint density at radius 1 is 1.29 bits per heavy atom. The van der Waals surface area contributed by atoms with Crippen LogP contribution in [-0.4, -0.2) is 26.9 Å². The van der Waals surface area contributed by atoms with Crippen LogP contribution in [0.3, 0.4) is 0 Å². The SMILES string of the molecule is CCOCCCOc1ccc(Cl)cc1CNC. The van der Waals surface area contributed by atoms with E-state index in [0.717, 1.165) is 42.5 Å². The van der Waals surface area contributed by atoms with Gasteiger partial charge in [-0.1, -0.05) is 11.6 Å². The van der Waals surface area contributed by atoms with E-state index >= 15 is 0 Å². The molecule has 0 fully saturated rings. The molecule has 1 aromatic rings. The summed E-state index contributed by atoms with van der Waals surface area (Å²) in [6, 6.07) is 5.68. The van der Waals surface area contributed by atoms with Gasteiger partial charge in [0.1, 0.15) is 5.75 Å². The summed E-state index contributed by atoms with van der Waals surface area (Å²) in [5.74, 6) is 0.889. The Bertz CT molecular complexity index is 331. The highest BCUT2D eigenvalue weighted by Crippen LogP contribution is 2.22. The third kappa shape index (κ3) is 5.39. The van der Waals surface area contributed by atoms with Gasteiger partial charge in [-0.05, 0) is 32.2 Å². The van der Waals surface area contributed by atoms with Crippen LogP contribution in [0, 0.1) is 0 Å². The van der Waals surface area contributed by atoms with Gasteiger partial charge in [0, 0.05) is 36.8 Å². The van der Waals surface area contributed by atoms with E-state index < -0.39 is 0 Å². The largest absolute Gasteiger partial charge is 0.493 e. The van der Waals surface area contributed by atoms with Crippen LogP contribution in [0.15, 0.2) is 18.2 Å². The number of halogens is 1. The molecule has 3 nitrogen and oxygen atoms in total. The smallest absolute Gasteiger partial charge is 0.123 e. The molecule has 17 heavy (non-hydrogen) atoms. The highest BCUT2D eigenvalue weighted by Gasteiger charge is 2.03. The molecular formula is C13H20ClNO2. The fourth-order valence-electron chi connectivity index (χ4n) is 1.50. The highest BCUT2D eigenvalue weighted by molar-refractivity contribution is 6.30. The van der Waals surface area contributed by atoms with Crippen molar-refractivity contribution in [3.8, 4) is 5.75 Å². The van der Waals surface area contributed by atoms with Gasteiger partial charge in [-0.25, -0.2) is 0 Å². The van der Waals surface area contributed by atoms with Crippen molar-refractivity contribution < 1.29 is 9.47 Å². The summed E-state index contributed by atoms with van der Waals surface area (Å²) < 4.78 is 11.0. The van der Waals surface area contributed by atoms with Crippen molar-refractivity contribution in [3.05, 3.63) is 28.8 Å². The molecule has 0 bridgehead atoms. The molecule has 1 aromatic carbocycles. The summed E-state index contributed by atoms with van der Waals surface area (Å²) in [6.07, 6.45) is 0.898. The number of benzene rings is 1. The molecule has 0 aliphatic heterocycles. The summed E-state index contributed by atoms with van der Waals surface area (Å²) in [7, 11) is 1.90. The summed E-state index contributed by atoms with van der Waals surface area (Å²) in [4.78, 5) is 0. The van der Waals surface area contributed by atoms with Crippen LogP contribution >= 0.6 is 11.6 Å². The minimum Gasteiger partial charge on any atom is -0.493 e. The topological polar surface area (TPSA) is 30.5 Å². The first kappa shape index (κ1) is 14.3. The maximum absolute atomic E-state index is 5.95. The van der Waals surface area contributed by atoms with Gasteiger partial charge in [0.05, 0.1) is 6.61 Å². The van der Waals surface area contributed by atoms with E-state index in [-0.39, 0.29) is 0 Å². The normalized spacial score (nSPS) is 10.5. The molecule has 0 saturated heterocycles. The Labute approximate surface area is 108 Å². The summed E-state index contributed by atoms with van der Waals surface area (Å²) in [5.41, 5.74) is 1.08. The van der Waals surface area contributed by atoms with E-state index in [1.165, 1.54) is 0 Å². The van der Waals surface area contributed by atoms with Crippen molar-refractivity contribution in [1.82, 2.24) is 5.32 Å². The van der Waals surface area contributed by atoms with Gasteiger partial charge in [-0.15, -0.1) is 0 Å². The molecule has 0 aliphatic carbocycles. The van der Waals surface area contributed by atoms with Gasteiger partial charge in [-0.2, -0.15) is 0 Å². The third-order valence-corrected chi connectivity index (χ3v) is 2.52. The molecule has 0 spiro atoms. The van der Waals surface area contributed by atoms with E-state index in [4.69, 9.17) is 21.1 Å². The zero-order chi connectivity index (χ0) is 12.5. The second-order valence-corrected chi connectivity index (χ2v) is 4.12. The molecule has 0 amide bonds. The van der Waals surface area contributed by atoms with Crippen LogP contribution in [-0.2, 0) is 11.3 Å². The number of ether oxygens (including phenoxy) is 2. The molecular weight excluding hydrogens is 238 g/mol.